The lowest BCUT2D eigenvalue weighted by Crippen LogP contribution is -2.03. The number of sulfone groups is 1. The number of anilines is 2. The van der Waals surface area contributed by atoms with Crippen molar-refractivity contribution in [1.82, 2.24) is 9.97 Å². The first-order valence-corrected chi connectivity index (χ1v) is 10.5. The lowest BCUT2D eigenvalue weighted by atomic mass is 10.0. The average Bonchev–Trinajstić information content (AvgIpc) is 3.11. The number of hydrogen-bond acceptors (Lipinski definition) is 6. The SMILES string of the molecule is CS(=O)(=O)Cc1ccnc(Nc2cc(-c3cccc4ccoc34)c(F)cn2)c1. The van der Waals surface area contributed by atoms with Crippen LogP contribution in [0.25, 0.3) is 22.1 Å². The van der Waals surface area contributed by atoms with Gasteiger partial charge >= 0.3 is 0 Å². The Kier molecular flexibility index (Phi) is 4.56. The molecule has 0 atom stereocenters. The molecule has 4 rings (SSSR count). The van der Waals surface area contributed by atoms with Crippen LogP contribution in [0, 0.1) is 5.82 Å². The van der Waals surface area contributed by atoms with Crippen molar-refractivity contribution in [3.05, 3.63) is 72.5 Å². The van der Waals surface area contributed by atoms with Crippen LogP contribution in [0.2, 0.25) is 0 Å². The summed E-state index contributed by atoms with van der Waals surface area (Å²) in [6.45, 7) is 0. The van der Waals surface area contributed by atoms with Crippen LogP contribution in [0.5, 0.6) is 0 Å². The number of hydrogen-bond donors (Lipinski definition) is 1. The maximum atomic E-state index is 14.5. The highest BCUT2D eigenvalue weighted by molar-refractivity contribution is 7.89. The fraction of sp³-hybridized carbons (Fsp3) is 0.100. The topological polar surface area (TPSA) is 85.1 Å². The molecule has 0 saturated carbocycles. The first kappa shape index (κ1) is 18.1. The molecule has 0 fully saturated rings. The van der Waals surface area contributed by atoms with Crippen molar-refractivity contribution >= 4 is 32.4 Å². The molecule has 0 aliphatic rings. The van der Waals surface area contributed by atoms with Gasteiger partial charge in [0.05, 0.1) is 18.2 Å². The first-order valence-electron chi connectivity index (χ1n) is 8.41. The summed E-state index contributed by atoms with van der Waals surface area (Å²) in [6, 6.07) is 12.1. The van der Waals surface area contributed by atoms with Crippen molar-refractivity contribution in [2.24, 2.45) is 0 Å². The molecule has 0 saturated heterocycles. The number of benzene rings is 1. The summed E-state index contributed by atoms with van der Waals surface area (Å²) in [5, 5.41) is 3.87. The van der Waals surface area contributed by atoms with Crippen molar-refractivity contribution in [3.63, 3.8) is 0 Å². The largest absolute Gasteiger partial charge is 0.464 e. The van der Waals surface area contributed by atoms with Crippen LogP contribution in [0.1, 0.15) is 5.56 Å². The third-order valence-electron chi connectivity index (χ3n) is 4.13. The van der Waals surface area contributed by atoms with E-state index in [1.165, 1.54) is 12.5 Å². The van der Waals surface area contributed by atoms with E-state index in [4.69, 9.17) is 4.42 Å². The standard InChI is InChI=1S/C20H16FN3O3S/c1-28(25,26)12-13-5-7-22-18(9-13)24-19-10-16(17(21)11-23-19)15-4-2-3-14-6-8-27-20(14)15/h2-11H,12H2,1H3,(H,22,23,24). The summed E-state index contributed by atoms with van der Waals surface area (Å²) in [7, 11) is -3.16. The second kappa shape index (κ2) is 7.05. The van der Waals surface area contributed by atoms with Gasteiger partial charge in [0.25, 0.3) is 0 Å². The zero-order chi connectivity index (χ0) is 19.7. The highest BCUT2D eigenvalue weighted by Gasteiger charge is 2.13. The van der Waals surface area contributed by atoms with E-state index in [-0.39, 0.29) is 5.75 Å². The van der Waals surface area contributed by atoms with E-state index in [1.807, 2.05) is 18.2 Å². The molecule has 0 aliphatic carbocycles. The normalized spacial score (nSPS) is 11.6. The van der Waals surface area contributed by atoms with E-state index >= 15 is 0 Å². The monoisotopic (exact) mass is 397 g/mol. The number of nitrogens with zero attached hydrogens (tertiary/aromatic N) is 2. The highest BCUT2D eigenvalue weighted by Crippen LogP contribution is 2.32. The summed E-state index contributed by atoms with van der Waals surface area (Å²) in [4.78, 5) is 8.23. The number of furan rings is 1. The number of fused-ring (bicyclic) bond motifs is 1. The number of nitrogens with one attached hydrogen (secondary N) is 1. The average molecular weight is 397 g/mol. The number of pyridine rings is 2. The quantitative estimate of drug-likeness (QED) is 0.540. The Hall–Kier alpha value is -3.26. The molecular formula is C20H16FN3O3S. The second-order valence-corrected chi connectivity index (χ2v) is 8.58. The van der Waals surface area contributed by atoms with Gasteiger partial charge in [-0.2, -0.15) is 0 Å². The van der Waals surface area contributed by atoms with Crippen molar-refractivity contribution in [1.29, 1.82) is 0 Å². The fourth-order valence-electron chi connectivity index (χ4n) is 2.98. The zero-order valence-electron chi connectivity index (χ0n) is 14.9. The van der Waals surface area contributed by atoms with Gasteiger partial charge in [0.1, 0.15) is 23.0 Å². The Morgan fingerprint density at radius 2 is 1.89 bits per heavy atom. The van der Waals surface area contributed by atoms with Gasteiger partial charge < -0.3 is 9.73 Å². The second-order valence-electron chi connectivity index (χ2n) is 6.44. The lowest BCUT2D eigenvalue weighted by molar-refractivity contribution is 0.601. The summed E-state index contributed by atoms with van der Waals surface area (Å²) in [5.74, 6) is 0.229. The van der Waals surface area contributed by atoms with E-state index in [9.17, 15) is 12.8 Å². The third-order valence-corrected chi connectivity index (χ3v) is 4.99. The Morgan fingerprint density at radius 1 is 1.07 bits per heavy atom. The molecule has 0 aliphatic heterocycles. The molecule has 1 aromatic carbocycles. The van der Waals surface area contributed by atoms with Gasteiger partial charge in [0, 0.05) is 29.0 Å². The van der Waals surface area contributed by atoms with Crippen molar-refractivity contribution < 1.29 is 17.2 Å². The molecule has 0 unspecified atom stereocenters. The van der Waals surface area contributed by atoms with E-state index in [0.717, 1.165) is 11.6 Å². The summed E-state index contributed by atoms with van der Waals surface area (Å²) in [6.07, 6.45) is 5.36. The minimum Gasteiger partial charge on any atom is -0.464 e. The van der Waals surface area contributed by atoms with Crippen LogP contribution in [-0.2, 0) is 15.6 Å². The van der Waals surface area contributed by atoms with Gasteiger partial charge in [0.15, 0.2) is 9.84 Å². The molecule has 4 aromatic rings. The smallest absolute Gasteiger partial charge is 0.151 e. The molecule has 3 aromatic heterocycles. The van der Waals surface area contributed by atoms with E-state index in [1.54, 1.807) is 30.5 Å². The summed E-state index contributed by atoms with van der Waals surface area (Å²) in [5.41, 5.74) is 2.14. The van der Waals surface area contributed by atoms with Gasteiger partial charge in [0.2, 0.25) is 0 Å². The maximum absolute atomic E-state index is 14.5. The van der Waals surface area contributed by atoms with Gasteiger partial charge in [-0.3, -0.25) is 0 Å². The number of aromatic nitrogens is 2. The van der Waals surface area contributed by atoms with Crippen LogP contribution < -0.4 is 5.32 Å². The molecule has 1 N–H and O–H groups in total. The number of halogens is 1. The molecule has 0 amide bonds. The van der Waals surface area contributed by atoms with Crippen molar-refractivity contribution in [2.75, 3.05) is 11.6 Å². The van der Waals surface area contributed by atoms with E-state index in [0.29, 0.717) is 33.9 Å². The summed E-state index contributed by atoms with van der Waals surface area (Å²) >= 11 is 0. The predicted octanol–water partition coefficient (Wildman–Crippen LogP) is 4.32. The maximum Gasteiger partial charge on any atom is 0.151 e. The van der Waals surface area contributed by atoms with Gasteiger partial charge in [-0.05, 0) is 29.8 Å². The Bertz CT molecular complexity index is 1270. The van der Waals surface area contributed by atoms with Gasteiger partial charge in [-0.1, -0.05) is 18.2 Å². The van der Waals surface area contributed by atoms with Crippen molar-refractivity contribution in [3.8, 4) is 11.1 Å². The fourth-order valence-corrected chi connectivity index (χ4v) is 3.77. The molecular weight excluding hydrogens is 381 g/mol. The van der Waals surface area contributed by atoms with Gasteiger partial charge in [-0.25, -0.2) is 22.8 Å². The molecule has 8 heteroatoms. The molecule has 28 heavy (non-hydrogen) atoms. The summed E-state index contributed by atoms with van der Waals surface area (Å²) < 4.78 is 42.9. The third kappa shape index (κ3) is 3.86. The minimum atomic E-state index is -3.16. The van der Waals surface area contributed by atoms with Crippen LogP contribution >= 0.6 is 0 Å². The van der Waals surface area contributed by atoms with E-state index < -0.39 is 15.7 Å². The predicted molar refractivity (Wildman–Crippen MR) is 105 cm³/mol. The Balaban J connectivity index is 1.69. The first-order chi connectivity index (χ1) is 13.4. The minimum absolute atomic E-state index is 0.0905. The Morgan fingerprint density at radius 3 is 2.71 bits per heavy atom. The van der Waals surface area contributed by atoms with Crippen LogP contribution in [-0.4, -0.2) is 24.6 Å². The number of para-hydroxylation sites is 1. The zero-order valence-corrected chi connectivity index (χ0v) is 15.7. The molecule has 3 heterocycles. The molecule has 0 spiro atoms. The molecule has 0 radical (unpaired) electrons. The molecule has 6 nitrogen and oxygen atoms in total. The van der Waals surface area contributed by atoms with E-state index in [2.05, 4.69) is 15.3 Å². The van der Waals surface area contributed by atoms with Crippen molar-refractivity contribution in [2.45, 2.75) is 5.75 Å². The highest BCUT2D eigenvalue weighted by atomic mass is 32.2. The molecule has 142 valence electrons. The molecule has 0 bridgehead atoms. The van der Waals surface area contributed by atoms with Crippen LogP contribution in [0.4, 0.5) is 16.0 Å². The number of rotatable bonds is 5. The lowest BCUT2D eigenvalue weighted by Gasteiger charge is -2.09. The Labute approximate surface area is 161 Å². The van der Waals surface area contributed by atoms with Crippen LogP contribution in [0.3, 0.4) is 0 Å². The van der Waals surface area contributed by atoms with Crippen LogP contribution in [0.15, 0.2) is 65.5 Å². The van der Waals surface area contributed by atoms with Gasteiger partial charge in [-0.15, -0.1) is 0 Å².